The molecular formula is C16H14O6. The Hall–Kier alpha value is -3.02. The normalized spacial score (nSPS) is 10.8. The summed E-state index contributed by atoms with van der Waals surface area (Å²) in [6.07, 6.45) is 2.57. The molecule has 6 heteroatoms. The van der Waals surface area contributed by atoms with Crippen LogP contribution in [0.5, 0.6) is 17.2 Å². The third kappa shape index (κ3) is 3.17. The number of ketones is 1. The van der Waals surface area contributed by atoms with Crippen LogP contribution in [0.3, 0.4) is 0 Å². The molecule has 0 aliphatic carbocycles. The van der Waals surface area contributed by atoms with Gasteiger partial charge in [-0.2, -0.15) is 0 Å². The number of aromatic hydroxyl groups is 2. The molecule has 114 valence electrons. The van der Waals surface area contributed by atoms with Crippen molar-refractivity contribution in [1.29, 1.82) is 0 Å². The van der Waals surface area contributed by atoms with Crippen LogP contribution in [0, 0.1) is 6.92 Å². The Bertz CT molecular complexity index is 801. The summed E-state index contributed by atoms with van der Waals surface area (Å²) >= 11 is 0. The lowest BCUT2D eigenvalue weighted by molar-refractivity contribution is 0.104. The van der Waals surface area contributed by atoms with E-state index in [9.17, 15) is 19.8 Å². The van der Waals surface area contributed by atoms with Gasteiger partial charge in [0.25, 0.3) is 0 Å². The van der Waals surface area contributed by atoms with E-state index in [0.717, 1.165) is 6.08 Å². The summed E-state index contributed by atoms with van der Waals surface area (Å²) in [5.74, 6) is -0.661. The van der Waals surface area contributed by atoms with Crippen LogP contribution in [-0.4, -0.2) is 23.1 Å². The fourth-order valence-corrected chi connectivity index (χ4v) is 1.88. The molecular weight excluding hydrogens is 288 g/mol. The number of ether oxygens (including phenoxy) is 1. The highest BCUT2D eigenvalue weighted by Crippen LogP contribution is 2.26. The van der Waals surface area contributed by atoms with Gasteiger partial charge in [0.15, 0.2) is 17.3 Å². The minimum Gasteiger partial charge on any atom is -0.507 e. The van der Waals surface area contributed by atoms with Gasteiger partial charge in [-0.05, 0) is 30.7 Å². The largest absolute Gasteiger partial charge is 0.507 e. The standard InChI is InChI=1S/C16H14O6/c1-9-7-13(19)15(16(20)22-9)12(18)6-4-10-3-5-11(17)14(8-10)21-2/h3-8,17,19H,1-2H3/b6-4+. The van der Waals surface area contributed by atoms with Crippen molar-refractivity contribution in [3.8, 4) is 17.2 Å². The molecule has 1 aromatic heterocycles. The van der Waals surface area contributed by atoms with E-state index in [-0.39, 0.29) is 17.3 Å². The van der Waals surface area contributed by atoms with E-state index in [1.807, 2.05) is 0 Å². The summed E-state index contributed by atoms with van der Waals surface area (Å²) in [7, 11) is 1.41. The monoisotopic (exact) mass is 302 g/mol. The number of allylic oxidation sites excluding steroid dienone is 1. The number of phenolic OH excluding ortho intramolecular Hbond substituents is 1. The molecule has 6 nitrogen and oxygen atoms in total. The average molecular weight is 302 g/mol. The molecule has 0 spiro atoms. The van der Waals surface area contributed by atoms with E-state index < -0.39 is 22.7 Å². The predicted molar refractivity (Wildman–Crippen MR) is 79.4 cm³/mol. The number of carbonyl (C=O) groups is 1. The maximum Gasteiger partial charge on any atom is 0.351 e. The van der Waals surface area contributed by atoms with Gasteiger partial charge < -0.3 is 19.4 Å². The number of aryl methyl sites for hydroxylation is 1. The smallest absolute Gasteiger partial charge is 0.351 e. The van der Waals surface area contributed by atoms with E-state index in [1.165, 1.54) is 38.3 Å². The van der Waals surface area contributed by atoms with Crippen LogP contribution in [0.2, 0.25) is 0 Å². The number of phenols is 1. The second-order valence-corrected chi connectivity index (χ2v) is 4.53. The molecule has 0 unspecified atom stereocenters. The highest BCUT2D eigenvalue weighted by molar-refractivity contribution is 6.08. The van der Waals surface area contributed by atoms with Gasteiger partial charge in [-0.3, -0.25) is 4.79 Å². The fraction of sp³-hybridized carbons (Fsp3) is 0.125. The topological polar surface area (TPSA) is 97.0 Å². The summed E-state index contributed by atoms with van der Waals surface area (Å²) in [6, 6.07) is 5.71. The van der Waals surface area contributed by atoms with Crippen molar-refractivity contribution in [2.75, 3.05) is 7.11 Å². The first-order chi connectivity index (χ1) is 10.4. The van der Waals surface area contributed by atoms with Crippen molar-refractivity contribution in [3.05, 3.63) is 57.6 Å². The van der Waals surface area contributed by atoms with Crippen LogP contribution in [0.25, 0.3) is 6.08 Å². The number of hydrogen-bond acceptors (Lipinski definition) is 6. The second kappa shape index (κ2) is 6.17. The number of rotatable bonds is 4. The number of benzene rings is 1. The van der Waals surface area contributed by atoms with Gasteiger partial charge in [-0.1, -0.05) is 12.1 Å². The summed E-state index contributed by atoms with van der Waals surface area (Å²) in [5.41, 5.74) is -0.734. The van der Waals surface area contributed by atoms with Gasteiger partial charge in [0.2, 0.25) is 0 Å². The van der Waals surface area contributed by atoms with Crippen LogP contribution < -0.4 is 10.4 Å². The van der Waals surface area contributed by atoms with E-state index in [2.05, 4.69) is 0 Å². The quantitative estimate of drug-likeness (QED) is 0.664. The molecule has 22 heavy (non-hydrogen) atoms. The third-order valence-electron chi connectivity index (χ3n) is 2.93. The molecule has 2 rings (SSSR count). The molecule has 1 aromatic carbocycles. The SMILES string of the molecule is COc1cc(/C=C/C(=O)c2c(O)cc(C)oc2=O)ccc1O. The third-order valence-corrected chi connectivity index (χ3v) is 2.93. The first kappa shape index (κ1) is 15.4. The number of hydrogen-bond donors (Lipinski definition) is 2. The Labute approximate surface area is 125 Å². The lowest BCUT2D eigenvalue weighted by Gasteiger charge is -2.03. The predicted octanol–water partition coefficient (Wildman–Crippen LogP) is 2.26. The molecule has 0 atom stereocenters. The van der Waals surface area contributed by atoms with E-state index in [0.29, 0.717) is 5.56 Å². The van der Waals surface area contributed by atoms with E-state index in [1.54, 1.807) is 6.07 Å². The van der Waals surface area contributed by atoms with Gasteiger partial charge in [0.1, 0.15) is 17.1 Å². The van der Waals surface area contributed by atoms with Crippen molar-refractivity contribution >= 4 is 11.9 Å². The Morgan fingerprint density at radius 1 is 1.23 bits per heavy atom. The number of carbonyl (C=O) groups excluding carboxylic acids is 1. The molecule has 0 saturated heterocycles. The van der Waals surface area contributed by atoms with Crippen LogP contribution in [-0.2, 0) is 0 Å². The van der Waals surface area contributed by atoms with Gasteiger partial charge in [-0.15, -0.1) is 0 Å². The van der Waals surface area contributed by atoms with Crippen LogP contribution in [0.1, 0.15) is 21.7 Å². The maximum absolute atomic E-state index is 12.0. The first-order valence-corrected chi connectivity index (χ1v) is 6.35. The van der Waals surface area contributed by atoms with Gasteiger partial charge >= 0.3 is 5.63 Å². The molecule has 0 saturated carbocycles. The summed E-state index contributed by atoms with van der Waals surface area (Å²) in [5, 5.41) is 19.2. The molecule has 0 aliphatic heterocycles. The Morgan fingerprint density at radius 3 is 2.59 bits per heavy atom. The molecule has 0 radical (unpaired) electrons. The number of methoxy groups -OCH3 is 1. The zero-order chi connectivity index (χ0) is 16.3. The zero-order valence-corrected chi connectivity index (χ0v) is 12.0. The average Bonchev–Trinajstić information content (AvgIpc) is 2.45. The molecule has 2 aromatic rings. The maximum atomic E-state index is 12.0. The lowest BCUT2D eigenvalue weighted by atomic mass is 10.1. The molecule has 0 aliphatic rings. The molecule has 0 bridgehead atoms. The van der Waals surface area contributed by atoms with Crippen LogP contribution in [0.15, 0.2) is 39.6 Å². The lowest BCUT2D eigenvalue weighted by Crippen LogP contribution is -2.12. The second-order valence-electron chi connectivity index (χ2n) is 4.53. The van der Waals surface area contributed by atoms with Crippen molar-refractivity contribution in [3.63, 3.8) is 0 Å². The molecule has 0 amide bonds. The zero-order valence-electron chi connectivity index (χ0n) is 12.0. The minimum absolute atomic E-state index is 0.0252. The molecule has 0 fully saturated rings. The van der Waals surface area contributed by atoms with Gasteiger partial charge in [0.05, 0.1) is 7.11 Å². The minimum atomic E-state index is -0.893. The summed E-state index contributed by atoms with van der Waals surface area (Å²) < 4.78 is 9.75. The van der Waals surface area contributed by atoms with Crippen molar-refractivity contribution in [2.45, 2.75) is 6.92 Å². The summed E-state index contributed by atoms with van der Waals surface area (Å²) in [6.45, 7) is 1.49. The van der Waals surface area contributed by atoms with Crippen LogP contribution in [0.4, 0.5) is 0 Å². The summed E-state index contributed by atoms with van der Waals surface area (Å²) in [4.78, 5) is 23.6. The highest BCUT2D eigenvalue weighted by Gasteiger charge is 2.15. The fourth-order valence-electron chi connectivity index (χ4n) is 1.88. The highest BCUT2D eigenvalue weighted by atomic mass is 16.5. The van der Waals surface area contributed by atoms with E-state index in [4.69, 9.17) is 9.15 Å². The van der Waals surface area contributed by atoms with Gasteiger partial charge in [-0.25, -0.2) is 4.79 Å². The Morgan fingerprint density at radius 2 is 1.95 bits per heavy atom. The van der Waals surface area contributed by atoms with Crippen LogP contribution >= 0.6 is 0 Å². The Kier molecular flexibility index (Phi) is 4.31. The van der Waals surface area contributed by atoms with Crippen molar-refractivity contribution in [2.24, 2.45) is 0 Å². The van der Waals surface area contributed by atoms with E-state index >= 15 is 0 Å². The van der Waals surface area contributed by atoms with Gasteiger partial charge in [0, 0.05) is 6.07 Å². The van der Waals surface area contributed by atoms with Crippen molar-refractivity contribution < 1.29 is 24.2 Å². The Balaban J connectivity index is 2.31. The first-order valence-electron chi connectivity index (χ1n) is 6.35. The molecule has 2 N–H and O–H groups in total. The molecule has 1 heterocycles. The van der Waals surface area contributed by atoms with Crippen molar-refractivity contribution in [1.82, 2.24) is 0 Å².